The van der Waals surface area contributed by atoms with Crippen molar-refractivity contribution < 1.29 is 21.6 Å². The van der Waals surface area contributed by atoms with Crippen LogP contribution in [-0.2, 0) is 24.8 Å². The van der Waals surface area contributed by atoms with E-state index in [-0.39, 0.29) is 35.0 Å². The van der Waals surface area contributed by atoms with E-state index in [1.165, 1.54) is 8.61 Å². The van der Waals surface area contributed by atoms with Crippen LogP contribution in [0, 0.1) is 19.8 Å². The van der Waals surface area contributed by atoms with E-state index in [0.717, 1.165) is 5.56 Å². The second-order valence-electron chi connectivity index (χ2n) is 11.7. The summed E-state index contributed by atoms with van der Waals surface area (Å²) in [5.41, 5.74) is 2.79. The molecule has 6 rings (SSSR count). The summed E-state index contributed by atoms with van der Waals surface area (Å²) in [6.07, 6.45) is -0.0315. The number of nitrogens with zero attached hydrogens (tertiary/aromatic N) is 2. The molecule has 45 heavy (non-hydrogen) atoms. The lowest BCUT2D eigenvalue weighted by molar-refractivity contribution is -0.132. The molecule has 2 aliphatic rings. The van der Waals surface area contributed by atoms with Crippen LogP contribution in [0.5, 0.6) is 0 Å². The van der Waals surface area contributed by atoms with E-state index < -0.39 is 44.1 Å². The third kappa shape index (κ3) is 5.98. The third-order valence-corrected chi connectivity index (χ3v) is 13.4. The van der Waals surface area contributed by atoms with Gasteiger partial charge in [-0.05, 0) is 79.4 Å². The van der Waals surface area contributed by atoms with Gasteiger partial charge in [0.15, 0.2) is 0 Å². The lowest BCUT2D eigenvalue weighted by Crippen LogP contribution is -2.61. The Labute approximate surface area is 274 Å². The second-order valence-corrected chi connectivity index (χ2v) is 16.3. The Morgan fingerprint density at radius 3 is 1.82 bits per heavy atom. The fraction of sp³-hybridized carbons (Fsp3) is 0.265. The Morgan fingerprint density at radius 1 is 0.689 bits per heavy atom. The van der Waals surface area contributed by atoms with Gasteiger partial charge in [0.05, 0.1) is 21.9 Å². The maximum absolute atomic E-state index is 14.7. The molecule has 234 valence electrons. The van der Waals surface area contributed by atoms with E-state index >= 15 is 0 Å². The molecule has 0 N–H and O–H groups in total. The smallest absolute Gasteiger partial charge is 0.244 e. The fourth-order valence-electron chi connectivity index (χ4n) is 6.57. The van der Waals surface area contributed by atoms with Gasteiger partial charge in [-0.15, -0.1) is 0 Å². The monoisotopic (exact) mass is 682 g/mol. The maximum Gasteiger partial charge on any atom is 0.244 e. The van der Waals surface area contributed by atoms with Crippen molar-refractivity contribution in [1.29, 1.82) is 0 Å². The molecule has 2 heterocycles. The van der Waals surface area contributed by atoms with Gasteiger partial charge < -0.3 is 0 Å². The largest absolute Gasteiger partial charge is 0.299 e. The van der Waals surface area contributed by atoms with Gasteiger partial charge in [-0.2, -0.15) is 8.61 Å². The Kier molecular flexibility index (Phi) is 8.71. The van der Waals surface area contributed by atoms with Gasteiger partial charge in [0.25, 0.3) is 0 Å². The number of hydrogen-bond acceptors (Lipinski definition) is 5. The average Bonchev–Trinajstić information content (AvgIpc) is 3.01. The van der Waals surface area contributed by atoms with Crippen LogP contribution in [0.25, 0.3) is 0 Å². The number of piperidine rings is 2. The molecule has 4 atom stereocenters. The van der Waals surface area contributed by atoms with E-state index in [1.807, 2.05) is 6.92 Å². The highest BCUT2D eigenvalue weighted by atomic mass is 35.5. The number of rotatable bonds is 6. The number of halogens is 2. The highest BCUT2D eigenvalue weighted by molar-refractivity contribution is 7.89. The van der Waals surface area contributed by atoms with Gasteiger partial charge in [-0.1, -0.05) is 83.4 Å². The van der Waals surface area contributed by atoms with Crippen LogP contribution < -0.4 is 0 Å². The van der Waals surface area contributed by atoms with Gasteiger partial charge in [0.2, 0.25) is 20.0 Å². The molecule has 4 aromatic rings. The molecule has 0 aromatic heterocycles. The quantitative estimate of drug-likeness (QED) is 0.216. The van der Waals surface area contributed by atoms with E-state index in [1.54, 1.807) is 104 Å². The number of Topliss-reactive ketones (excluding diaryl/α,β-unsaturated/α-hetero) is 1. The molecular weight excluding hydrogens is 651 g/mol. The number of sulfonamides is 2. The predicted molar refractivity (Wildman–Crippen MR) is 175 cm³/mol. The summed E-state index contributed by atoms with van der Waals surface area (Å²) < 4.78 is 60.7. The number of benzene rings is 4. The highest BCUT2D eigenvalue weighted by Gasteiger charge is 2.54. The highest BCUT2D eigenvalue weighted by Crippen LogP contribution is 2.48. The minimum absolute atomic E-state index is 0.0678. The molecule has 0 bridgehead atoms. The van der Waals surface area contributed by atoms with Gasteiger partial charge in [0, 0.05) is 35.0 Å². The molecule has 0 spiro atoms. The first kappa shape index (κ1) is 31.9. The van der Waals surface area contributed by atoms with Crippen molar-refractivity contribution in [2.24, 2.45) is 5.92 Å². The zero-order valence-corrected chi connectivity index (χ0v) is 27.8. The summed E-state index contributed by atoms with van der Waals surface area (Å²) in [6.45, 7) is 3.45. The van der Waals surface area contributed by atoms with Crippen molar-refractivity contribution in [3.63, 3.8) is 0 Å². The van der Waals surface area contributed by atoms with Crippen LogP contribution in [0.2, 0.25) is 10.0 Å². The van der Waals surface area contributed by atoms with Gasteiger partial charge in [-0.25, -0.2) is 16.8 Å². The Hall–Kier alpha value is -3.05. The van der Waals surface area contributed by atoms with Crippen LogP contribution >= 0.6 is 23.2 Å². The van der Waals surface area contributed by atoms with Crippen LogP contribution in [0.3, 0.4) is 0 Å². The van der Waals surface area contributed by atoms with E-state index in [0.29, 0.717) is 26.7 Å². The van der Waals surface area contributed by atoms with E-state index in [4.69, 9.17) is 23.2 Å². The number of carbonyl (C=O) groups is 1. The summed E-state index contributed by atoms with van der Waals surface area (Å²) in [7, 11) is -8.23. The summed E-state index contributed by atoms with van der Waals surface area (Å²) in [4.78, 5) is 14.3. The van der Waals surface area contributed by atoms with Crippen LogP contribution in [0.1, 0.15) is 47.2 Å². The van der Waals surface area contributed by atoms with Gasteiger partial charge in [0.1, 0.15) is 5.78 Å². The second kappa shape index (κ2) is 12.3. The van der Waals surface area contributed by atoms with Crippen LogP contribution in [-0.4, -0.2) is 43.8 Å². The van der Waals surface area contributed by atoms with Gasteiger partial charge >= 0.3 is 0 Å². The minimum Gasteiger partial charge on any atom is -0.299 e. The zero-order valence-electron chi connectivity index (χ0n) is 24.7. The molecule has 0 saturated carbocycles. The molecular formula is C34H32Cl2N2O5S2. The first-order chi connectivity index (χ1) is 21.4. The summed E-state index contributed by atoms with van der Waals surface area (Å²) in [6, 6.07) is 24.7. The molecule has 2 fully saturated rings. The normalized spacial score (nSPS) is 23.1. The topological polar surface area (TPSA) is 91.8 Å². The maximum atomic E-state index is 14.7. The number of fused-ring (bicyclic) bond motifs is 1. The summed E-state index contributed by atoms with van der Waals surface area (Å²) >= 11 is 12.4. The van der Waals surface area contributed by atoms with Crippen molar-refractivity contribution in [2.75, 3.05) is 6.54 Å². The van der Waals surface area contributed by atoms with Gasteiger partial charge in [-0.3, -0.25) is 4.79 Å². The lowest BCUT2D eigenvalue weighted by Gasteiger charge is -2.51. The molecule has 4 aromatic carbocycles. The lowest BCUT2D eigenvalue weighted by atomic mass is 9.77. The Bertz CT molecular complexity index is 1950. The zero-order chi connectivity index (χ0) is 32.1. The van der Waals surface area contributed by atoms with Crippen molar-refractivity contribution >= 4 is 49.0 Å². The van der Waals surface area contributed by atoms with Crippen molar-refractivity contribution in [2.45, 2.75) is 54.6 Å². The number of carbonyl (C=O) groups excluding carboxylic acids is 1. The van der Waals surface area contributed by atoms with Crippen molar-refractivity contribution in [1.82, 2.24) is 8.61 Å². The molecule has 7 nitrogen and oxygen atoms in total. The van der Waals surface area contributed by atoms with E-state index in [9.17, 15) is 21.6 Å². The first-order valence-corrected chi connectivity index (χ1v) is 18.2. The molecule has 0 unspecified atom stereocenters. The Morgan fingerprint density at radius 2 is 1.24 bits per heavy atom. The summed E-state index contributed by atoms with van der Waals surface area (Å²) in [5, 5.41) is 0.976. The van der Waals surface area contributed by atoms with Crippen LogP contribution in [0.4, 0.5) is 0 Å². The number of ketones is 1. The number of aryl methyl sites for hydroxylation is 2. The van der Waals surface area contributed by atoms with Crippen molar-refractivity contribution in [3.05, 3.63) is 129 Å². The molecule has 2 aliphatic heterocycles. The SMILES string of the molecule is Cc1ccc(S(=O)(=O)N2C[C@H]3C(=O)C[C@@H](c4ccc(Cl)cc4)N(S(=O)(=O)c4ccccc4C)[C@H]3C[C@H]2c2ccc(Cl)cc2)cc1. The minimum atomic E-state index is -4.16. The predicted octanol–water partition coefficient (Wildman–Crippen LogP) is 7.14. The van der Waals surface area contributed by atoms with E-state index in [2.05, 4.69) is 0 Å². The molecule has 11 heteroatoms. The molecule has 0 aliphatic carbocycles. The standard InChI is InChI=1S/C34H32Cl2N2O5S2/c1-22-7-17-28(18-8-22)44(40,41)37-21-29-32(19-30(37)24-9-13-26(35)14-10-24)38(45(42,43)34-6-4-3-5-23(34)2)31(20-33(29)39)25-11-15-27(36)16-12-25/h3-18,29-32H,19-21H2,1-2H3/t29-,30+,31+,32+/m1/s1. The third-order valence-electron chi connectivity index (χ3n) is 8.88. The molecule has 2 saturated heterocycles. The molecule has 0 amide bonds. The molecule has 0 radical (unpaired) electrons. The number of hydrogen-bond donors (Lipinski definition) is 0. The van der Waals surface area contributed by atoms with Crippen molar-refractivity contribution in [3.8, 4) is 0 Å². The van der Waals surface area contributed by atoms with Crippen LogP contribution in [0.15, 0.2) is 107 Å². The summed E-state index contributed by atoms with van der Waals surface area (Å²) in [5.74, 6) is -1.06. The Balaban J connectivity index is 1.52. The first-order valence-electron chi connectivity index (χ1n) is 14.6. The fourth-order valence-corrected chi connectivity index (χ4v) is 10.5. The average molecular weight is 684 g/mol.